The van der Waals surface area contributed by atoms with Crippen LogP contribution in [0.3, 0.4) is 0 Å². The average molecular weight is 255 g/mol. The predicted octanol–water partition coefficient (Wildman–Crippen LogP) is 3.33. The summed E-state index contributed by atoms with van der Waals surface area (Å²) in [6, 6.07) is 1.65. The number of halogens is 3. The largest absolute Gasteiger partial charge is 0.244 e. The van der Waals surface area contributed by atoms with Crippen LogP contribution in [0.4, 0.5) is 0 Å². The van der Waals surface area contributed by atoms with Gasteiger partial charge in [0.1, 0.15) is 5.15 Å². The van der Waals surface area contributed by atoms with Crippen molar-refractivity contribution in [3.63, 3.8) is 0 Å². The van der Waals surface area contributed by atoms with Crippen LogP contribution in [0.15, 0.2) is 12.3 Å². The zero-order valence-corrected chi connectivity index (χ0v) is 8.75. The summed E-state index contributed by atoms with van der Waals surface area (Å²) < 4.78 is 0. The molecule has 0 bridgehead atoms. The highest BCUT2D eigenvalue weighted by molar-refractivity contribution is 9.09. The molecule has 0 spiro atoms. The third kappa shape index (κ3) is 2.62. The first kappa shape index (κ1) is 9.30. The summed E-state index contributed by atoms with van der Waals surface area (Å²) >= 11 is 14.8. The van der Waals surface area contributed by atoms with Gasteiger partial charge in [0.15, 0.2) is 0 Å². The standard InChI is InChI=1S/C7H6BrCl2N/c8-2-1-5-4-11-7(10)3-6(5)9/h3-4H,1-2H2. The molecule has 1 nitrogen and oxygen atoms in total. The van der Waals surface area contributed by atoms with Gasteiger partial charge in [-0.2, -0.15) is 0 Å². The van der Waals surface area contributed by atoms with Gasteiger partial charge in [-0.05, 0) is 18.1 Å². The summed E-state index contributed by atoms with van der Waals surface area (Å²) in [6.07, 6.45) is 2.58. The van der Waals surface area contributed by atoms with Crippen LogP contribution in [-0.2, 0) is 6.42 Å². The molecule has 0 aromatic carbocycles. The number of aryl methyl sites for hydroxylation is 1. The normalized spacial score (nSPS) is 10.1. The van der Waals surface area contributed by atoms with Gasteiger partial charge in [0, 0.05) is 16.5 Å². The van der Waals surface area contributed by atoms with Crippen molar-refractivity contribution in [1.82, 2.24) is 4.98 Å². The van der Waals surface area contributed by atoms with Crippen molar-refractivity contribution >= 4 is 39.1 Å². The SMILES string of the molecule is Clc1cc(Cl)c(CCBr)cn1. The molecule has 0 saturated heterocycles. The molecule has 0 aliphatic rings. The molecule has 0 unspecified atom stereocenters. The van der Waals surface area contributed by atoms with Crippen LogP contribution in [0.5, 0.6) is 0 Å². The minimum absolute atomic E-state index is 0.438. The molecule has 0 aliphatic carbocycles. The molecular weight excluding hydrogens is 249 g/mol. The van der Waals surface area contributed by atoms with E-state index in [9.17, 15) is 0 Å². The van der Waals surface area contributed by atoms with E-state index in [0.29, 0.717) is 10.2 Å². The minimum Gasteiger partial charge on any atom is -0.244 e. The highest BCUT2D eigenvalue weighted by Crippen LogP contribution is 2.19. The maximum absolute atomic E-state index is 5.86. The lowest BCUT2D eigenvalue weighted by Gasteiger charge is -1.99. The first-order valence-corrected chi connectivity index (χ1v) is 4.97. The van der Waals surface area contributed by atoms with E-state index in [-0.39, 0.29) is 0 Å². The Morgan fingerprint density at radius 1 is 1.45 bits per heavy atom. The Bertz CT molecular complexity index is 252. The Hall–Kier alpha value is 0.210. The second-order valence-corrected chi connectivity index (χ2v) is 3.62. The van der Waals surface area contributed by atoms with Crippen molar-refractivity contribution in [2.24, 2.45) is 0 Å². The summed E-state index contributed by atoms with van der Waals surface area (Å²) in [7, 11) is 0. The zero-order chi connectivity index (χ0) is 8.27. The van der Waals surface area contributed by atoms with Crippen LogP contribution >= 0.6 is 39.1 Å². The van der Waals surface area contributed by atoms with Crippen molar-refractivity contribution in [2.75, 3.05) is 5.33 Å². The molecule has 0 aliphatic heterocycles. The van der Waals surface area contributed by atoms with E-state index in [2.05, 4.69) is 20.9 Å². The van der Waals surface area contributed by atoms with Gasteiger partial charge >= 0.3 is 0 Å². The van der Waals surface area contributed by atoms with E-state index < -0.39 is 0 Å². The molecule has 0 N–H and O–H groups in total. The third-order valence-corrected chi connectivity index (χ3v) is 2.22. The maximum atomic E-state index is 5.86. The second-order valence-electron chi connectivity index (χ2n) is 2.04. The topological polar surface area (TPSA) is 12.9 Å². The maximum Gasteiger partial charge on any atom is 0.130 e. The van der Waals surface area contributed by atoms with Gasteiger partial charge < -0.3 is 0 Å². The van der Waals surface area contributed by atoms with Gasteiger partial charge in [0.2, 0.25) is 0 Å². The first-order chi connectivity index (χ1) is 5.24. The summed E-state index contributed by atoms with van der Waals surface area (Å²) in [4.78, 5) is 3.92. The fraction of sp³-hybridized carbons (Fsp3) is 0.286. The zero-order valence-electron chi connectivity index (χ0n) is 5.65. The molecule has 11 heavy (non-hydrogen) atoms. The molecular formula is C7H6BrCl2N. The Labute approximate surface area is 83.9 Å². The minimum atomic E-state index is 0.438. The van der Waals surface area contributed by atoms with Gasteiger partial charge in [0.25, 0.3) is 0 Å². The number of pyridine rings is 1. The van der Waals surface area contributed by atoms with E-state index in [4.69, 9.17) is 23.2 Å². The number of rotatable bonds is 2. The molecule has 0 amide bonds. The second kappa shape index (κ2) is 4.29. The smallest absolute Gasteiger partial charge is 0.130 e. The fourth-order valence-electron chi connectivity index (χ4n) is 0.722. The lowest BCUT2D eigenvalue weighted by atomic mass is 10.2. The Morgan fingerprint density at radius 3 is 2.73 bits per heavy atom. The van der Waals surface area contributed by atoms with Gasteiger partial charge in [-0.25, -0.2) is 4.98 Å². The Balaban J connectivity index is 2.90. The molecule has 4 heteroatoms. The van der Waals surface area contributed by atoms with Crippen molar-refractivity contribution in [2.45, 2.75) is 6.42 Å². The first-order valence-electron chi connectivity index (χ1n) is 3.10. The molecule has 0 radical (unpaired) electrons. The quantitative estimate of drug-likeness (QED) is 0.583. The Kier molecular flexibility index (Phi) is 3.63. The lowest BCUT2D eigenvalue weighted by molar-refractivity contribution is 1.13. The number of hydrogen-bond donors (Lipinski definition) is 0. The highest BCUT2D eigenvalue weighted by Gasteiger charge is 2.00. The highest BCUT2D eigenvalue weighted by atomic mass is 79.9. The average Bonchev–Trinajstić information content (AvgIpc) is 1.95. The van der Waals surface area contributed by atoms with E-state index in [1.807, 2.05) is 0 Å². The molecule has 0 saturated carbocycles. The van der Waals surface area contributed by atoms with Crippen molar-refractivity contribution in [3.05, 3.63) is 28.0 Å². The molecule has 1 heterocycles. The molecule has 1 aromatic heterocycles. The van der Waals surface area contributed by atoms with Crippen molar-refractivity contribution in [3.8, 4) is 0 Å². The van der Waals surface area contributed by atoms with Crippen LogP contribution in [0.25, 0.3) is 0 Å². The third-order valence-electron chi connectivity index (χ3n) is 1.26. The summed E-state index contributed by atoms with van der Waals surface area (Å²) in [5.74, 6) is 0. The van der Waals surface area contributed by atoms with Gasteiger partial charge in [-0.3, -0.25) is 0 Å². The van der Waals surface area contributed by atoms with Crippen LogP contribution in [-0.4, -0.2) is 10.3 Å². The number of aromatic nitrogens is 1. The van der Waals surface area contributed by atoms with Crippen LogP contribution in [0, 0.1) is 0 Å². The van der Waals surface area contributed by atoms with Crippen LogP contribution < -0.4 is 0 Å². The number of alkyl halides is 1. The van der Waals surface area contributed by atoms with Crippen LogP contribution in [0.1, 0.15) is 5.56 Å². The van der Waals surface area contributed by atoms with E-state index in [0.717, 1.165) is 17.3 Å². The molecule has 0 fully saturated rings. The number of hydrogen-bond acceptors (Lipinski definition) is 1. The predicted molar refractivity (Wildman–Crippen MR) is 51.8 cm³/mol. The van der Waals surface area contributed by atoms with Gasteiger partial charge in [0.05, 0.1) is 0 Å². The van der Waals surface area contributed by atoms with Gasteiger partial charge in [-0.15, -0.1) is 0 Å². The molecule has 60 valence electrons. The van der Waals surface area contributed by atoms with Crippen molar-refractivity contribution in [1.29, 1.82) is 0 Å². The Morgan fingerprint density at radius 2 is 2.18 bits per heavy atom. The molecule has 0 atom stereocenters. The van der Waals surface area contributed by atoms with Gasteiger partial charge in [-0.1, -0.05) is 39.1 Å². The number of nitrogens with zero attached hydrogens (tertiary/aromatic N) is 1. The monoisotopic (exact) mass is 253 g/mol. The molecule has 1 rings (SSSR count). The van der Waals surface area contributed by atoms with E-state index in [1.165, 1.54) is 0 Å². The lowest BCUT2D eigenvalue weighted by Crippen LogP contribution is -1.88. The van der Waals surface area contributed by atoms with E-state index in [1.54, 1.807) is 12.3 Å². The fourth-order valence-corrected chi connectivity index (χ4v) is 1.61. The molecule has 1 aromatic rings. The summed E-state index contributed by atoms with van der Waals surface area (Å²) in [5.41, 5.74) is 1.02. The van der Waals surface area contributed by atoms with Crippen molar-refractivity contribution < 1.29 is 0 Å². The summed E-state index contributed by atoms with van der Waals surface area (Å²) in [5, 5.41) is 2.01. The van der Waals surface area contributed by atoms with Crippen LogP contribution in [0.2, 0.25) is 10.2 Å². The summed E-state index contributed by atoms with van der Waals surface area (Å²) in [6.45, 7) is 0. The van der Waals surface area contributed by atoms with E-state index >= 15 is 0 Å².